The summed E-state index contributed by atoms with van der Waals surface area (Å²) in [6, 6.07) is 121. The number of benzene rings is 14. The Labute approximate surface area is 685 Å². The second-order valence-corrected chi connectivity index (χ2v) is 30.2. The lowest BCUT2D eigenvalue weighted by Crippen LogP contribution is -2.39. The van der Waals surface area contributed by atoms with Crippen LogP contribution in [0.2, 0.25) is 0 Å². The van der Waals surface area contributed by atoms with E-state index >= 15 is 0 Å². The summed E-state index contributed by atoms with van der Waals surface area (Å²) in [6.45, 7) is 4.57. The molecule has 18 aromatic rings. The van der Waals surface area contributed by atoms with Crippen molar-refractivity contribution in [2.45, 2.75) is 33.2 Å². The van der Waals surface area contributed by atoms with Gasteiger partial charge in [-0.25, -0.2) is 15.0 Å². The average molecular weight is 1550 g/mol. The Morgan fingerprint density at radius 3 is 1.61 bits per heavy atom. The van der Waals surface area contributed by atoms with Crippen LogP contribution in [-0.4, -0.2) is 75.8 Å². The molecular weight excluding hydrogens is 1480 g/mol. The van der Waals surface area contributed by atoms with Crippen molar-refractivity contribution < 1.29 is 36.5 Å². The van der Waals surface area contributed by atoms with Gasteiger partial charge in [-0.05, 0) is 180 Å². The van der Waals surface area contributed by atoms with Crippen molar-refractivity contribution in [3.05, 3.63) is 375 Å². The highest BCUT2D eigenvalue weighted by atomic mass is 32.1. The molecule has 7 heterocycles. The molecule has 0 saturated heterocycles. The largest absolute Gasteiger partial charge is 0.881 e. The molecule has 0 spiro atoms. The van der Waals surface area contributed by atoms with Gasteiger partial charge in [0, 0.05) is 47.4 Å². The standard InChI is InChI=1S/C16H12O.C15H14N2.C14H10NOS.C13H9NO2.C12H10O.2C10H9NO.C6H6O.3Al/c17-16-9-8-14-10-13(6-7-15(14)11-16)12-4-2-1-3-5-12;1-16-13-8-4-5-9-14(13)17-12-7-3-2-6-11(12)10-15(16)17;1-3-7-12-10(5-1)14-15(9-16-12)11-6-2-4-8-13(11)17-14;15-11-7-3-1-5-9(11)13-14-10-6-2-4-8-12(10)16-13;13-12-8-6-11(7-9-12)10-4-2-1-3-5-10;2*1-7-5-6-8-3-2-4-9(12)10(8)11-7;7-6-4-2-1-3-5-6;;;/h1-11,17H;2-9,15H,10H2,1H3;1-8H,9H2;1-8,15H;1-9,13H;2*2-6,12H,1H3;1-5,7H;;;/q;;+1;;;;;;3*+2/p-6. The van der Waals surface area contributed by atoms with Gasteiger partial charge < -0.3 is 41.7 Å². The summed E-state index contributed by atoms with van der Waals surface area (Å²) in [5.74, 6) is 6.19. The van der Waals surface area contributed by atoms with Crippen molar-refractivity contribution in [1.29, 1.82) is 0 Å². The van der Waals surface area contributed by atoms with Crippen LogP contribution in [0.5, 0.6) is 40.2 Å². The second-order valence-electron chi connectivity index (χ2n) is 27.2. The number of hydrogen-bond donors (Lipinski definition) is 0. The van der Waals surface area contributed by atoms with E-state index in [1.807, 2.05) is 207 Å². The highest BCUT2D eigenvalue weighted by Crippen LogP contribution is 2.49. The third-order valence-electron chi connectivity index (χ3n) is 19.8. The molecule has 3 aliphatic heterocycles. The minimum atomic E-state index is -0.694. The number of aryl methyl sites for hydroxylation is 2. The zero-order valence-electron chi connectivity index (χ0n) is 62.6. The molecule has 0 amide bonds. The Morgan fingerprint density at radius 1 is 0.395 bits per heavy atom. The Hall–Kier alpha value is -12.7. The van der Waals surface area contributed by atoms with E-state index in [4.69, 9.17) is 31.9 Å². The summed E-state index contributed by atoms with van der Waals surface area (Å²) >= 11 is -0.215. The normalized spacial score (nSPS) is 12.4. The van der Waals surface area contributed by atoms with E-state index in [0.717, 1.165) is 96.2 Å². The van der Waals surface area contributed by atoms with Gasteiger partial charge in [0.25, 0.3) is 11.7 Å². The van der Waals surface area contributed by atoms with Crippen molar-refractivity contribution in [1.82, 2.24) is 15.0 Å². The lowest BCUT2D eigenvalue weighted by Gasteiger charge is -2.23. The first kappa shape index (κ1) is 74.1. The van der Waals surface area contributed by atoms with Gasteiger partial charge in [0.2, 0.25) is 11.4 Å². The molecule has 0 fully saturated rings. The molecule has 3 radical (unpaired) electrons. The number of pyridine rings is 2. The van der Waals surface area contributed by atoms with E-state index in [0.29, 0.717) is 24.5 Å². The number of aromatic nitrogens is 4. The van der Waals surface area contributed by atoms with Crippen LogP contribution in [-0.2, 0) is 13.2 Å². The van der Waals surface area contributed by atoms with Crippen LogP contribution in [0.15, 0.2) is 362 Å². The highest BCUT2D eigenvalue weighted by molar-refractivity contribution is 7.21. The van der Waals surface area contributed by atoms with Gasteiger partial charge >= 0.3 is 47.7 Å². The predicted octanol–water partition coefficient (Wildman–Crippen LogP) is 22.4. The fraction of sp³-hybridized carbons (Fsp3) is 0.0625. The monoisotopic (exact) mass is 1550 g/mol. The van der Waals surface area contributed by atoms with Crippen molar-refractivity contribution in [3.8, 4) is 84.5 Å². The van der Waals surface area contributed by atoms with Crippen LogP contribution in [0.4, 0.5) is 17.1 Å². The van der Waals surface area contributed by atoms with Gasteiger partial charge in [-0.3, -0.25) is 0 Å². The van der Waals surface area contributed by atoms with Gasteiger partial charge in [0.15, 0.2) is 5.58 Å². The molecule has 1 atom stereocenters. The molecule has 0 saturated carbocycles. The molecule has 14 nitrogen and oxygen atoms in total. The Morgan fingerprint density at radius 2 is 0.904 bits per heavy atom. The molecule has 0 bridgehead atoms. The van der Waals surface area contributed by atoms with Crippen LogP contribution < -0.4 is 41.8 Å². The zero-order valence-corrected chi connectivity index (χ0v) is 66.9. The van der Waals surface area contributed by atoms with Gasteiger partial charge in [0.05, 0.1) is 45.5 Å². The Kier molecular flexibility index (Phi) is 22.7. The van der Waals surface area contributed by atoms with Crippen LogP contribution >= 0.6 is 11.3 Å². The number of ether oxygens (including phenoxy) is 1. The van der Waals surface area contributed by atoms with Crippen LogP contribution in [0.25, 0.3) is 98.2 Å². The number of oxazole rings is 1. The van der Waals surface area contributed by atoms with Crippen LogP contribution in [0.3, 0.4) is 0 Å². The van der Waals surface area contributed by atoms with E-state index in [9.17, 15) is 0 Å². The second kappa shape index (κ2) is 34.9. The third-order valence-corrected chi connectivity index (χ3v) is 23.1. The summed E-state index contributed by atoms with van der Waals surface area (Å²) in [6.07, 6.45) is 1.58. The molecule has 1 unspecified atom stereocenters. The molecule has 3 aliphatic rings. The van der Waals surface area contributed by atoms with E-state index in [1.165, 1.54) is 71.1 Å². The van der Waals surface area contributed by atoms with Gasteiger partial charge in [-0.2, -0.15) is 0 Å². The predicted molar refractivity (Wildman–Crippen MR) is 460 cm³/mol. The maximum Gasteiger partial charge on any atom is 0.881 e. The molecule has 549 valence electrons. The van der Waals surface area contributed by atoms with E-state index in [-0.39, 0.29) is 0 Å². The van der Waals surface area contributed by atoms with Crippen molar-refractivity contribution in [3.63, 3.8) is 0 Å². The maximum atomic E-state index is 5.97. The summed E-state index contributed by atoms with van der Waals surface area (Å²) in [5, 5.41) is 5.76. The minimum Gasteiger partial charge on any atom is -0.616 e. The molecule has 114 heavy (non-hydrogen) atoms. The van der Waals surface area contributed by atoms with Crippen molar-refractivity contribution in [2.24, 2.45) is 0 Å². The van der Waals surface area contributed by atoms with Crippen molar-refractivity contribution in [2.75, 3.05) is 16.8 Å². The number of rotatable bonds is 15. The fourth-order valence-corrected chi connectivity index (χ4v) is 17.1. The molecule has 18 heteroatoms. The number of para-hydroxylation sites is 11. The number of fused-ring (bicyclic) bond motifs is 14. The number of thiazole rings is 1. The molecular formula is C96H73Al3N6O8S+. The Balaban J connectivity index is 0.000000104. The molecule has 14 aromatic carbocycles. The molecule has 0 N–H and O–H groups in total. The van der Waals surface area contributed by atoms with Gasteiger partial charge in [-0.15, -0.1) is 4.57 Å². The van der Waals surface area contributed by atoms with E-state index < -0.39 is 47.7 Å². The molecule has 0 aliphatic carbocycles. The van der Waals surface area contributed by atoms with E-state index in [1.54, 1.807) is 0 Å². The quantitative estimate of drug-likeness (QED) is 0.0714. The number of nitrogens with zero attached hydrogens (tertiary/aromatic N) is 6. The third kappa shape index (κ3) is 16.9. The van der Waals surface area contributed by atoms with Crippen LogP contribution in [0, 0.1) is 13.8 Å². The molecule has 21 rings (SSSR count). The van der Waals surface area contributed by atoms with Gasteiger partial charge in [-0.1, -0.05) is 236 Å². The van der Waals surface area contributed by atoms with Gasteiger partial charge in [0.1, 0.15) is 44.7 Å². The first-order valence-corrected chi connectivity index (χ1v) is 41.1. The highest BCUT2D eigenvalue weighted by Gasteiger charge is 2.40. The topological polar surface area (TPSA) is 127 Å². The summed E-state index contributed by atoms with van der Waals surface area (Å²) in [7, 11) is 2.19. The summed E-state index contributed by atoms with van der Waals surface area (Å²) in [4.78, 5) is 18.6. The number of likely N-dealkylation sites (N-methyl/N-ethyl adjacent to an activating group) is 1. The first-order valence-electron chi connectivity index (χ1n) is 37.5. The zero-order chi connectivity index (χ0) is 76.9. The summed E-state index contributed by atoms with van der Waals surface area (Å²) in [5.41, 5.74) is 18.8. The number of anilines is 3. The lowest BCUT2D eigenvalue weighted by molar-refractivity contribution is -0.689. The number of hydrogen-bond acceptors (Lipinski definition) is 14. The van der Waals surface area contributed by atoms with E-state index in [2.05, 4.69) is 212 Å². The average Bonchev–Trinajstić information content (AvgIpc) is 1.58. The smallest absolute Gasteiger partial charge is 0.616 e. The Bertz CT molecular complexity index is 6350. The maximum absolute atomic E-state index is 5.97. The first-order chi connectivity index (χ1) is 56.2. The fourth-order valence-electron chi connectivity index (χ4n) is 14.1. The van der Waals surface area contributed by atoms with Crippen molar-refractivity contribution >= 4 is 130 Å². The minimum absolute atomic E-state index is 0.463. The lowest BCUT2D eigenvalue weighted by atomic mass is 10.0. The SMILES string of the molecule is CN1c2ccccc2N2c3ccccc3CC12.Cc1ccc2cccc([O][Al][O]c3ccc(-c4ccccc4)cc3)c2n1.Cc1ccc2cccc([O][Al][O]c3ccc4cc(-c5ccccc5)ccc4c3)c2n1.c1ccc([O][Al][O]c2ccccc2-c2nc3ccccc3o2)cc1.c1ccc2c(c1)OC[n+]1c-2sc2ccccc21. The van der Waals surface area contributed by atoms with Crippen LogP contribution in [0.1, 0.15) is 17.0 Å². The summed E-state index contributed by atoms with van der Waals surface area (Å²) < 4.78 is 50.3. The molecule has 4 aromatic heterocycles.